The van der Waals surface area contributed by atoms with Gasteiger partial charge in [0.2, 0.25) is 0 Å². The van der Waals surface area contributed by atoms with Crippen LogP contribution in [0.2, 0.25) is 0 Å². The van der Waals surface area contributed by atoms with E-state index in [0.29, 0.717) is 29.8 Å². The number of hydrogen-bond acceptors (Lipinski definition) is 6. The molecule has 33 heavy (non-hydrogen) atoms. The summed E-state index contributed by atoms with van der Waals surface area (Å²) in [5.74, 6) is 0.563. The third-order valence-corrected chi connectivity index (χ3v) is 7.11. The number of non-ortho nitro benzene ring substituents is 1. The normalized spacial score (nSPS) is 12.0. The van der Waals surface area contributed by atoms with Gasteiger partial charge < -0.3 is 4.74 Å². The molecule has 0 N–H and O–H groups in total. The summed E-state index contributed by atoms with van der Waals surface area (Å²) in [6, 6.07) is 17.6. The Hall–Kier alpha value is -3.08. The van der Waals surface area contributed by atoms with Crippen LogP contribution in [-0.2, 0) is 6.61 Å². The Labute approximate surface area is 207 Å². The Morgan fingerprint density at radius 2 is 1.85 bits per heavy atom. The van der Waals surface area contributed by atoms with Crippen molar-refractivity contribution in [1.82, 2.24) is 9.38 Å². The molecular weight excluding hydrogens is 574 g/mol. The minimum absolute atomic E-state index is 0.0164. The number of thiazole rings is 1. The SMILES string of the molecule is O=c1/c(=C/c2cc(Br)c(OCc3cccc([N+](=O)[O-])c3)c(Br)c2)sc2nc3ccccc3n12. The van der Waals surface area contributed by atoms with Crippen molar-refractivity contribution < 1.29 is 9.66 Å². The Morgan fingerprint density at radius 1 is 1.09 bits per heavy atom. The lowest BCUT2D eigenvalue weighted by molar-refractivity contribution is -0.384. The van der Waals surface area contributed by atoms with Crippen molar-refractivity contribution in [2.45, 2.75) is 6.61 Å². The van der Waals surface area contributed by atoms with E-state index in [4.69, 9.17) is 4.74 Å². The molecule has 0 saturated heterocycles. The first-order chi connectivity index (χ1) is 15.9. The molecule has 7 nitrogen and oxygen atoms in total. The van der Waals surface area contributed by atoms with Crippen molar-refractivity contribution in [1.29, 1.82) is 0 Å². The summed E-state index contributed by atoms with van der Waals surface area (Å²) >= 11 is 8.39. The van der Waals surface area contributed by atoms with Gasteiger partial charge in [0.1, 0.15) is 12.4 Å². The van der Waals surface area contributed by atoms with Crippen LogP contribution in [0.5, 0.6) is 5.75 Å². The van der Waals surface area contributed by atoms with E-state index in [1.54, 1.807) is 16.5 Å². The molecule has 164 valence electrons. The van der Waals surface area contributed by atoms with Crippen LogP contribution in [0.3, 0.4) is 0 Å². The third kappa shape index (κ3) is 4.17. The van der Waals surface area contributed by atoms with E-state index >= 15 is 0 Å². The summed E-state index contributed by atoms with van der Waals surface area (Å²) in [6.45, 7) is 0.168. The summed E-state index contributed by atoms with van der Waals surface area (Å²) < 4.78 is 9.48. The Bertz CT molecular complexity index is 1640. The number of rotatable bonds is 5. The van der Waals surface area contributed by atoms with Gasteiger partial charge in [0.15, 0.2) is 4.96 Å². The zero-order chi connectivity index (χ0) is 23.1. The molecule has 0 unspecified atom stereocenters. The molecule has 0 atom stereocenters. The van der Waals surface area contributed by atoms with Crippen LogP contribution in [-0.4, -0.2) is 14.3 Å². The van der Waals surface area contributed by atoms with Gasteiger partial charge in [-0.15, -0.1) is 0 Å². The van der Waals surface area contributed by atoms with Crippen LogP contribution < -0.4 is 14.8 Å². The minimum Gasteiger partial charge on any atom is -0.487 e. The first kappa shape index (κ1) is 21.7. The van der Waals surface area contributed by atoms with Crippen LogP contribution in [0, 0.1) is 10.1 Å². The van der Waals surface area contributed by atoms with E-state index in [1.165, 1.54) is 23.5 Å². The molecule has 2 heterocycles. The molecule has 5 aromatic rings. The highest BCUT2D eigenvalue weighted by Gasteiger charge is 2.13. The number of aromatic nitrogens is 2. The molecule has 3 aromatic carbocycles. The Kier molecular flexibility index (Phi) is 5.73. The lowest BCUT2D eigenvalue weighted by atomic mass is 10.2. The van der Waals surface area contributed by atoms with Crippen molar-refractivity contribution in [2.75, 3.05) is 0 Å². The molecule has 5 rings (SSSR count). The van der Waals surface area contributed by atoms with Gasteiger partial charge in [-0.2, -0.15) is 0 Å². The maximum atomic E-state index is 13.0. The molecule has 0 amide bonds. The van der Waals surface area contributed by atoms with Crippen molar-refractivity contribution in [3.8, 4) is 5.75 Å². The van der Waals surface area contributed by atoms with Gasteiger partial charge >= 0.3 is 0 Å². The van der Waals surface area contributed by atoms with Gasteiger partial charge in [-0.3, -0.25) is 14.9 Å². The summed E-state index contributed by atoms with van der Waals surface area (Å²) in [5.41, 5.74) is 2.99. The molecule has 0 saturated carbocycles. The zero-order valence-corrected chi connectivity index (χ0v) is 20.7. The van der Waals surface area contributed by atoms with Crippen molar-refractivity contribution >= 4 is 71.0 Å². The van der Waals surface area contributed by atoms with Crippen LogP contribution in [0.25, 0.3) is 22.1 Å². The number of imidazole rings is 1. The second kappa shape index (κ2) is 8.69. The quantitative estimate of drug-likeness (QED) is 0.201. The van der Waals surface area contributed by atoms with E-state index in [1.807, 2.05) is 42.5 Å². The Morgan fingerprint density at radius 3 is 2.61 bits per heavy atom. The van der Waals surface area contributed by atoms with Crippen molar-refractivity contribution in [2.24, 2.45) is 0 Å². The maximum absolute atomic E-state index is 13.0. The summed E-state index contributed by atoms with van der Waals surface area (Å²) in [5, 5.41) is 11.0. The molecule has 0 aliphatic carbocycles. The van der Waals surface area contributed by atoms with Crippen LogP contribution in [0.1, 0.15) is 11.1 Å². The summed E-state index contributed by atoms with van der Waals surface area (Å²) in [4.78, 5) is 28.7. The first-order valence-corrected chi connectivity index (χ1v) is 12.1. The average Bonchev–Trinajstić information content (AvgIpc) is 3.29. The number of halogens is 2. The monoisotopic (exact) mass is 585 g/mol. The molecule has 10 heteroatoms. The smallest absolute Gasteiger partial charge is 0.274 e. The number of benzene rings is 3. The molecule has 0 radical (unpaired) electrons. The largest absolute Gasteiger partial charge is 0.487 e. The van der Waals surface area contributed by atoms with Gasteiger partial charge in [-0.1, -0.05) is 35.6 Å². The predicted octanol–water partition coefficient (Wildman–Crippen LogP) is 5.47. The number of ether oxygens (including phenoxy) is 1. The number of nitrogens with zero attached hydrogens (tertiary/aromatic N) is 3. The topological polar surface area (TPSA) is 86.7 Å². The number of para-hydroxylation sites is 2. The standard InChI is InChI=1S/C23H13Br2N3O4S/c24-16-9-14(10-17(25)21(16)32-12-13-4-3-5-15(8-13)28(30)31)11-20-22(29)27-19-7-2-1-6-18(19)26-23(27)33-20/h1-11H,12H2/b20-11-. The highest BCUT2D eigenvalue weighted by molar-refractivity contribution is 9.11. The second-order valence-electron chi connectivity index (χ2n) is 7.16. The lowest BCUT2D eigenvalue weighted by Gasteiger charge is -2.11. The fourth-order valence-electron chi connectivity index (χ4n) is 3.48. The molecule has 2 aromatic heterocycles. The Balaban J connectivity index is 1.46. The van der Waals surface area contributed by atoms with Gasteiger partial charge in [-0.25, -0.2) is 9.38 Å². The molecule has 0 spiro atoms. The zero-order valence-electron chi connectivity index (χ0n) is 16.7. The van der Waals surface area contributed by atoms with Crippen LogP contribution in [0.15, 0.2) is 74.4 Å². The molecule has 0 fully saturated rings. The van der Waals surface area contributed by atoms with E-state index in [9.17, 15) is 14.9 Å². The van der Waals surface area contributed by atoms with E-state index in [0.717, 1.165) is 16.6 Å². The molecule has 0 bridgehead atoms. The fourth-order valence-corrected chi connectivity index (χ4v) is 5.92. The maximum Gasteiger partial charge on any atom is 0.274 e. The van der Waals surface area contributed by atoms with Gasteiger partial charge in [0.05, 0.1) is 29.4 Å². The third-order valence-electron chi connectivity index (χ3n) is 4.97. The second-order valence-corrected chi connectivity index (χ2v) is 9.88. The number of hydrogen-bond donors (Lipinski definition) is 0. The highest BCUT2D eigenvalue weighted by Crippen LogP contribution is 2.35. The summed E-state index contributed by atoms with van der Waals surface area (Å²) in [6.07, 6.45) is 1.82. The van der Waals surface area contributed by atoms with Gasteiger partial charge in [0.25, 0.3) is 11.2 Å². The molecule has 0 aliphatic heterocycles. The van der Waals surface area contributed by atoms with Crippen molar-refractivity contribution in [3.05, 3.63) is 106 Å². The van der Waals surface area contributed by atoms with Crippen LogP contribution in [0.4, 0.5) is 5.69 Å². The first-order valence-electron chi connectivity index (χ1n) is 9.67. The van der Waals surface area contributed by atoms with Gasteiger partial charge in [-0.05, 0) is 73.3 Å². The number of nitro groups is 1. The van der Waals surface area contributed by atoms with E-state index in [2.05, 4.69) is 36.8 Å². The number of fused-ring (bicyclic) bond motifs is 3. The number of nitro benzene ring substituents is 1. The van der Waals surface area contributed by atoms with Crippen molar-refractivity contribution in [3.63, 3.8) is 0 Å². The fraction of sp³-hybridized carbons (Fsp3) is 0.0435. The van der Waals surface area contributed by atoms with E-state index < -0.39 is 4.92 Å². The molecule has 0 aliphatic rings. The summed E-state index contributed by atoms with van der Waals surface area (Å²) in [7, 11) is 0. The van der Waals surface area contributed by atoms with E-state index in [-0.39, 0.29) is 17.9 Å². The lowest BCUT2D eigenvalue weighted by Crippen LogP contribution is -2.22. The van der Waals surface area contributed by atoms with Gasteiger partial charge in [0, 0.05) is 12.1 Å². The minimum atomic E-state index is -0.436. The van der Waals surface area contributed by atoms with Crippen LogP contribution >= 0.6 is 43.2 Å². The predicted molar refractivity (Wildman–Crippen MR) is 135 cm³/mol. The average molecular weight is 587 g/mol. The highest BCUT2D eigenvalue weighted by atomic mass is 79.9. The molecular formula is C23H13Br2N3O4S.